The predicted octanol–water partition coefficient (Wildman–Crippen LogP) is 0.497. The van der Waals surface area contributed by atoms with Crippen molar-refractivity contribution < 1.29 is 0 Å². The van der Waals surface area contributed by atoms with E-state index in [1.165, 1.54) is 0 Å². The Morgan fingerprint density at radius 2 is 1.93 bits per heavy atom. The van der Waals surface area contributed by atoms with Crippen LogP contribution in [-0.4, -0.2) is 44.1 Å². The van der Waals surface area contributed by atoms with Crippen molar-refractivity contribution in [3.63, 3.8) is 0 Å². The Balaban J connectivity index is 3.80. The van der Waals surface area contributed by atoms with E-state index in [4.69, 9.17) is 5.73 Å². The monoisotopic (exact) mass is 200 g/mol. The van der Waals surface area contributed by atoms with Crippen molar-refractivity contribution in [2.24, 2.45) is 16.6 Å². The van der Waals surface area contributed by atoms with Crippen molar-refractivity contribution in [2.75, 3.05) is 27.2 Å². The van der Waals surface area contributed by atoms with E-state index >= 15 is 0 Å². The molecule has 3 N–H and O–H groups in total. The van der Waals surface area contributed by atoms with Crippen LogP contribution in [0.3, 0.4) is 0 Å². The van der Waals surface area contributed by atoms with Gasteiger partial charge in [0.25, 0.3) is 0 Å². The predicted molar refractivity (Wildman–Crippen MR) is 62.5 cm³/mol. The van der Waals surface area contributed by atoms with Gasteiger partial charge in [-0.25, -0.2) is 0 Å². The Kier molecular flexibility index (Phi) is 6.28. The van der Waals surface area contributed by atoms with Crippen LogP contribution in [0.5, 0.6) is 0 Å². The van der Waals surface area contributed by atoms with Gasteiger partial charge in [-0.1, -0.05) is 13.8 Å². The molecule has 1 atom stereocenters. The second-order valence-electron chi connectivity index (χ2n) is 4.43. The molecule has 84 valence electrons. The molecule has 0 fully saturated rings. The van der Waals surface area contributed by atoms with Crippen molar-refractivity contribution in [3.8, 4) is 0 Å². The number of rotatable bonds is 5. The lowest BCUT2D eigenvalue weighted by molar-refractivity contribution is 0.369. The van der Waals surface area contributed by atoms with Gasteiger partial charge in [0, 0.05) is 19.1 Å². The van der Waals surface area contributed by atoms with E-state index in [1.807, 2.05) is 14.1 Å². The maximum atomic E-state index is 5.72. The van der Waals surface area contributed by atoms with Gasteiger partial charge < -0.3 is 16.0 Å². The Morgan fingerprint density at radius 3 is 2.36 bits per heavy atom. The first-order valence-electron chi connectivity index (χ1n) is 5.13. The number of hydrogen-bond donors (Lipinski definition) is 2. The summed E-state index contributed by atoms with van der Waals surface area (Å²) in [6, 6.07) is 0.334. The van der Waals surface area contributed by atoms with Gasteiger partial charge in [0.15, 0.2) is 5.96 Å². The highest BCUT2D eigenvalue weighted by atomic mass is 15.2. The Bertz CT molecular complexity index is 175. The number of likely N-dealkylation sites (N-methyl/N-ethyl adjacent to an activating group) is 1. The Labute approximate surface area is 87.6 Å². The minimum Gasteiger partial charge on any atom is -0.370 e. The summed E-state index contributed by atoms with van der Waals surface area (Å²) in [5, 5.41) is 3.15. The lowest BCUT2D eigenvalue weighted by Crippen LogP contribution is -2.43. The number of nitrogens with two attached hydrogens (primary N) is 1. The molecule has 4 heteroatoms. The fourth-order valence-electron chi connectivity index (χ4n) is 1.17. The summed E-state index contributed by atoms with van der Waals surface area (Å²) < 4.78 is 0. The molecule has 0 spiro atoms. The summed E-state index contributed by atoms with van der Waals surface area (Å²) in [5.41, 5.74) is 5.72. The molecule has 0 saturated carbocycles. The van der Waals surface area contributed by atoms with Gasteiger partial charge in [0.05, 0.1) is 0 Å². The standard InChI is InChI=1S/C10H24N4/c1-8(2)6-12-10(11)13-9(3)7-14(4)5/h8-9H,6-7H2,1-5H3,(H3,11,12,13). The van der Waals surface area contributed by atoms with Crippen LogP contribution in [0.25, 0.3) is 0 Å². The summed E-state index contributed by atoms with van der Waals surface area (Å²) in [5.74, 6) is 1.10. The molecule has 0 aliphatic carbocycles. The maximum absolute atomic E-state index is 5.72. The average molecular weight is 200 g/mol. The quantitative estimate of drug-likeness (QED) is 0.502. The highest BCUT2D eigenvalue weighted by Crippen LogP contribution is 1.91. The molecule has 1 unspecified atom stereocenters. The number of nitrogens with zero attached hydrogens (tertiary/aromatic N) is 2. The third-order valence-electron chi connectivity index (χ3n) is 1.66. The van der Waals surface area contributed by atoms with Gasteiger partial charge in [0.2, 0.25) is 0 Å². The number of guanidine groups is 1. The highest BCUT2D eigenvalue weighted by molar-refractivity contribution is 5.78. The smallest absolute Gasteiger partial charge is 0.188 e. The van der Waals surface area contributed by atoms with Crippen LogP contribution in [0.1, 0.15) is 20.8 Å². The van der Waals surface area contributed by atoms with Gasteiger partial charge in [-0.2, -0.15) is 0 Å². The summed E-state index contributed by atoms with van der Waals surface area (Å²) in [6.07, 6.45) is 0. The molecular weight excluding hydrogens is 176 g/mol. The first-order chi connectivity index (χ1) is 6.41. The molecule has 0 amide bonds. The number of aliphatic imine (C=N–C) groups is 1. The van der Waals surface area contributed by atoms with Crippen LogP contribution >= 0.6 is 0 Å². The zero-order valence-corrected chi connectivity index (χ0v) is 10.0. The van der Waals surface area contributed by atoms with Gasteiger partial charge >= 0.3 is 0 Å². The first-order valence-corrected chi connectivity index (χ1v) is 5.13. The van der Waals surface area contributed by atoms with Crippen molar-refractivity contribution in [1.82, 2.24) is 10.2 Å². The third-order valence-corrected chi connectivity index (χ3v) is 1.66. The van der Waals surface area contributed by atoms with E-state index < -0.39 is 0 Å². The molecule has 4 nitrogen and oxygen atoms in total. The summed E-state index contributed by atoms with van der Waals surface area (Å²) in [7, 11) is 4.08. The molecule has 0 bridgehead atoms. The summed E-state index contributed by atoms with van der Waals surface area (Å²) in [4.78, 5) is 6.35. The molecule has 0 saturated heterocycles. The van der Waals surface area contributed by atoms with Crippen LogP contribution in [0, 0.1) is 5.92 Å². The highest BCUT2D eigenvalue weighted by Gasteiger charge is 2.03. The number of hydrogen-bond acceptors (Lipinski definition) is 2. The van der Waals surface area contributed by atoms with Gasteiger partial charge in [-0.3, -0.25) is 4.99 Å². The minimum absolute atomic E-state index is 0.334. The molecule has 0 heterocycles. The SMILES string of the molecule is CC(C)CN=C(N)NC(C)CN(C)C. The molecule has 0 aliphatic heterocycles. The van der Waals surface area contributed by atoms with Gasteiger partial charge in [0.1, 0.15) is 0 Å². The number of nitrogens with one attached hydrogen (secondary N) is 1. The van der Waals surface area contributed by atoms with Crippen LogP contribution in [0.2, 0.25) is 0 Å². The summed E-state index contributed by atoms with van der Waals surface area (Å²) in [6.45, 7) is 8.09. The average Bonchev–Trinajstić information content (AvgIpc) is 1.98. The van der Waals surface area contributed by atoms with Crippen LogP contribution in [-0.2, 0) is 0 Å². The van der Waals surface area contributed by atoms with E-state index in [9.17, 15) is 0 Å². The minimum atomic E-state index is 0.334. The zero-order valence-electron chi connectivity index (χ0n) is 10.0. The normalized spacial score (nSPS) is 14.9. The van der Waals surface area contributed by atoms with E-state index in [1.54, 1.807) is 0 Å². The molecular formula is C10H24N4. The van der Waals surface area contributed by atoms with Crippen molar-refractivity contribution in [2.45, 2.75) is 26.8 Å². The van der Waals surface area contributed by atoms with Crippen molar-refractivity contribution in [3.05, 3.63) is 0 Å². The molecule has 0 aromatic heterocycles. The fraction of sp³-hybridized carbons (Fsp3) is 0.900. The second kappa shape index (κ2) is 6.65. The topological polar surface area (TPSA) is 53.6 Å². The van der Waals surface area contributed by atoms with E-state index in [-0.39, 0.29) is 0 Å². The zero-order chi connectivity index (χ0) is 11.1. The van der Waals surface area contributed by atoms with Crippen LogP contribution in [0.4, 0.5) is 0 Å². The second-order valence-corrected chi connectivity index (χ2v) is 4.43. The Hall–Kier alpha value is -0.770. The lowest BCUT2D eigenvalue weighted by atomic mass is 10.2. The fourth-order valence-corrected chi connectivity index (χ4v) is 1.17. The molecule has 0 rings (SSSR count). The molecule has 14 heavy (non-hydrogen) atoms. The first kappa shape index (κ1) is 13.2. The largest absolute Gasteiger partial charge is 0.370 e. The molecule has 0 radical (unpaired) electrons. The van der Waals surface area contributed by atoms with Crippen LogP contribution in [0.15, 0.2) is 4.99 Å². The summed E-state index contributed by atoms with van der Waals surface area (Å²) >= 11 is 0. The lowest BCUT2D eigenvalue weighted by Gasteiger charge is -2.18. The van der Waals surface area contributed by atoms with E-state index in [2.05, 4.69) is 36.0 Å². The third kappa shape index (κ3) is 7.86. The van der Waals surface area contributed by atoms with E-state index in [0.29, 0.717) is 17.9 Å². The molecule has 0 aromatic rings. The van der Waals surface area contributed by atoms with Crippen molar-refractivity contribution in [1.29, 1.82) is 0 Å². The van der Waals surface area contributed by atoms with Gasteiger partial charge in [-0.05, 0) is 26.9 Å². The van der Waals surface area contributed by atoms with E-state index in [0.717, 1.165) is 13.1 Å². The van der Waals surface area contributed by atoms with Crippen molar-refractivity contribution >= 4 is 5.96 Å². The molecule has 0 aliphatic rings. The molecule has 0 aromatic carbocycles. The van der Waals surface area contributed by atoms with Gasteiger partial charge in [-0.15, -0.1) is 0 Å². The maximum Gasteiger partial charge on any atom is 0.188 e. The Morgan fingerprint density at radius 1 is 1.36 bits per heavy atom. The van der Waals surface area contributed by atoms with Crippen LogP contribution < -0.4 is 11.1 Å².